The van der Waals surface area contributed by atoms with Gasteiger partial charge in [0.25, 0.3) is 0 Å². The topological polar surface area (TPSA) is 80.5 Å². The molecule has 0 spiro atoms. The van der Waals surface area contributed by atoms with Crippen molar-refractivity contribution in [2.24, 2.45) is 0 Å². The van der Waals surface area contributed by atoms with Crippen LogP contribution in [0.3, 0.4) is 0 Å². The predicted octanol–water partition coefficient (Wildman–Crippen LogP) is 4.23. The third-order valence-corrected chi connectivity index (χ3v) is 4.56. The Bertz CT molecular complexity index is 1030. The number of nitrogens with one attached hydrogen (secondary N) is 2. The van der Waals surface area contributed by atoms with Crippen molar-refractivity contribution >= 4 is 44.2 Å². The molecule has 0 bridgehead atoms. The highest BCUT2D eigenvalue weighted by atomic mass is 79.9. The van der Waals surface area contributed by atoms with Crippen LogP contribution in [0.4, 0.5) is 17.3 Å². The van der Waals surface area contributed by atoms with E-state index >= 15 is 0 Å². The molecule has 136 valence electrons. The van der Waals surface area contributed by atoms with E-state index in [1.807, 2.05) is 42.9 Å². The second-order valence-corrected chi connectivity index (χ2v) is 6.94. The fourth-order valence-corrected chi connectivity index (χ4v) is 3.15. The highest BCUT2D eigenvalue weighted by molar-refractivity contribution is 9.10. The van der Waals surface area contributed by atoms with Crippen molar-refractivity contribution in [2.75, 3.05) is 17.2 Å². The first kappa shape index (κ1) is 17.4. The third-order valence-electron chi connectivity index (χ3n) is 4.07. The number of anilines is 3. The van der Waals surface area contributed by atoms with E-state index in [1.54, 1.807) is 18.7 Å². The molecule has 0 fully saturated rings. The number of pyridine rings is 1. The van der Waals surface area contributed by atoms with E-state index in [4.69, 9.17) is 0 Å². The fraction of sp³-hybridized carbons (Fsp3) is 0.158. The molecular formula is C19H18BrN7. The molecule has 3 aromatic heterocycles. The van der Waals surface area contributed by atoms with Crippen LogP contribution < -0.4 is 10.6 Å². The van der Waals surface area contributed by atoms with Gasteiger partial charge in [-0.2, -0.15) is 0 Å². The Hall–Kier alpha value is -3.00. The minimum absolute atomic E-state index is 0.752. The number of rotatable bonds is 7. The number of hydrogen-bond donors (Lipinski definition) is 2. The van der Waals surface area contributed by atoms with E-state index in [0.717, 1.165) is 52.2 Å². The standard InChI is InChI=1S/C19H18BrN7/c20-14-3-1-4-15(9-14)26-19-16-10-18(23-11-17(16)24-12-25-19)22-5-2-7-27-8-6-21-13-27/h1,3-4,6,8-13H,2,5,7H2,(H,22,23)(H,24,25,26). The highest BCUT2D eigenvalue weighted by Gasteiger charge is 2.07. The van der Waals surface area contributed by atoms with E-state index in [9.17, 15) is 0 Å². The molecule has 4 aromatic rings. The summed E-state index contributed by atoms with van der Waals surface area (Å²) in [5.74, 6) is 1.56. The van der Waals surface area contributed by atoms with Crippen molar-refractivity contribution in [3.05, 3.63) is 66.0 Å². The zero-order valence-electron chi connectivity index (χ0n) is 14.5. The molecule has 0 amide bonds. The van der Waals surface area contributed by atoms with Crippen LogP contribution in [0.5, 0.6) is 0 Å². The van der Waals surface area contributed by atoms with Crippen molar-refractivity contribution in [1.29, 1.82) is 0 Å². The normalized spacial score (nSPS) is 10.9. The number of imidazole rings is 1. The Morgan fingerprint density at radius 1 is 1.11 bits per heavy atom. The number of nitrogens with zero attached hydrogens (tertiary/aromatic N) is 5. The van der Waals surface area contributed by atoms with Crippen molar-refractivity contribution in [3.63, 3.8) is 0 Å². The van der Waals surface area contributed by atoms with Crippen molar-refractivity contribution in [3.8, 4) is 0 Å². The van der Waals surface area contributed by atoms with Crippen LogP contribution in [0.15, 0.2) is 66.0 Å². The molecule has 7 nitrogen and oxygen atoms in total. The van der Waals surface area contributed by atoms with Gasteiger partial charge >= 0.3 is 0 Å². The Kier molecular flexibility index (Phi) is 5.24. The van der Waals surface area contributed by atoms with Gasteiger partial charge in [0.1, 0.15) is 18.0 Å². The first-order valence-corrected chi connectivity index (χ1v) is 9.40. The van der Waals surface area contributed by atoms with E-state index in [0.29, 0.717) is 0 Å². The van der Waals surface area contributed by atoms with Gasteiger partial charge in [0.15, 0.2) is 0 Å². The van der Waals surface area contributed by atoms with Crippen molar-refractivity contribution in [1.82, 2.24) is 24.5 Å². The Morgan fingerprint density at radius 3 is 2.93 bits per heavy atom. The Labute approximate surface area is 165 Å². The minimum Gasteiger partial charge on any atom is -0.370 e. The first-order chi connectivity index (χ1) is 13.3. The largest absolute Gasteiger partial charge is 0.370 e. The molecular weight excluding hydrogens is 406 g/mol. The van der Waals surface area contributed by atoms with Gasteiger partial charge in [-0.1, -0.05) is 22.0 Å². The molecule has 0 atom stereocenters. The maximum Gasteiger partial charge on any atom is 0.141 e. The Balaban J connectivity index is 1.48. The Morgan fingerprint density at radius 2 is 2.07 bits per heavy atom. The van der Waals surface area contributed by atoms with Gasteiger partial charge < -0.3 is 15.2 Å². The minimum atomic E-state index is 0.752. The van der Waals surface area contributed by atoms with Crippen LogP contribution >= 0.6 is 15.9 Å². The van der Waals surface area contributed by atoms with Gasteiger partial charge in [0.2, 0.25) is 0 Å². The third kappa shape index (κ3) is 4.40. The fourth-order valence-electron chi connectivity index (χ4n) is 2.76. The van der Waals surface area contributed by atoms with Crippen LogP contribution in [0, 0.1) is 0 Å². The molecule has 0 saturated carbocycles. The monoisotopic (exact) mass is 423 g/mol. The number of fused-ring (bicyclic) bond motifs is 1. The zero-order chi connectivity index (χ0) is 18.5. The second-order valence-electron chi connectivity index (χ2n) is 6.03. The van der Waals surface area contributed by atoms with Crippen LogP contribution in [-0.2, 0) is 6.54 Å². The average Bonchev–Trinajstić information content (AvgIpc) is 3.19. The van der Waals surface area contributed by atoms with E-state index in [-0.39, 0.29) is 0 Å². The summed E-state index contributed by atoms with van der Waals surface area (Å²) in [6, 6.07) is 9.94. The van der Waals surface area contributed by atoms with Crippen molar-refractivity contribution < 1.29 is 0 Å². The molecule has 4 rings (SSSR count). The number of halogens is 1. The maximum absolute atomic E-state index is 4.45. The lowest BCUT2D eigenvalue weighted by molar-refractivity contribution is 0.660. The summed E-state index contributed by atoms with van der Waals surface area (Å²) in [5, 5.41) is 7.64. The number of aryl methyl sites for hydroxylation is 1. The zero-order valence-corrected chi connectivity index (χ0v) is 16.1. The molecule has 1 aromatic carbocycles. The molecule has 0 aliphatic heterocycles. The molecule has 8 heteroatoms. The molecule has 0 aliphatic carbocycles. The van der Waals surface area contributed by atoms with Gasteiger partial charge in [-0.15, -0.1) is 0 Å². The summed E-state index contributed by atoms with van der Waals surface area (Å²) < 4.78 is 3.07. The summed E-state index contributed by atoms with van der Waals surface area (Å²) in [6.07, 6.45) is 9.86. The van der Waals surface area contributed by atoms with Crippen LogP contribution in [0.25, 0.3) is 10.9 Å². The summed E-state index contributed by atoms with van der Waals surface area (Å²) in [6.45, 7) is 1.73. The lowest BCUT2D eigenvalue weighted by Gasteiger charge is -2.10. The van der Waals surface area contributed by atoms with Crippen LogP contribution in [-0.4, -0.2) is 31.0 Å². The molecule has 2 N–H and O–H groups in total. The molecule has 27 heavy (non-hydrogen) atoms. The van der Waals surface area contributed by atoms with Gasteiger partial charge in [0.05, 0.1) is 18.0 Å². The number of aromatic nitrogens is 5. The molecule has 0 aliphatic rings. The molecule has 3 heterocycles. The molecule has 0 saturated heterocycles. The highest BCUT2D eigenvalue weighted by Crippen LogP contribution is 2.25. The van der Waals surface area contributed by atoms with Gasteiger partial charge in [-0.3, -0.25) is 0 Å². The van der Waals surface area contributed by atoms with E-state index in [2.05, 4.69) is 51.1 Å². The van der Waals surface area contributed by atoms with Gasteiger partial charge in [-0.25, -0.2) is 19.9 Å². The van der Waals surface area contributed by atoms with Crippen molar-refractivity contribution in [2.45, 2.75) is 13.0 Å². The van der Waals surface area contributed by atoms with E-state index in [1.165, 1.54) is 0 Å². The maximum atomic E-state index is 4.45. The summed E-state index contributed by atoms with van der Waals surface area (Å²) in [4.78, 5) is 17.2. The summed E-state index contributed by atoms with van der Waals surface area (Å²) >= 11 is 3.49. The number of benzene rings is 1. The van der Waals surface area contributed by atoms with Gasteiger partial charge in [0, 0.05) is 41.0 Å². The quantitative estimate of drug-likeness (QED) is 0.433. The smallest absolute Gasteiger partial charge is 0.141 e. The molecule has 0 radical (unpaired) electrons. The van der Waals surface area contributed by atoms with Crippen LogP contribution in [0.2, 0.25) is 0 Å². The van der Waals surface area contributed by atoms with Gasteiger partial charge in [-0.05, 0) is 30.7 Å². The molecule has 0 unspecified atom stereocenters. The average molecular weight is 424 g/mol. The van der Waals surface area contributed by atoms with E-state index < -0.39 is 0 Å². The summed E-state index contributed by atoms with van der Waals surface area (Å²) in [7, 11) is 0. The first-order valence-electron chi connectivity index (χ1n) is 8.61. The lowest BCUT2D eigenvalue weighted by Crippen LogP contribution is -2.07. The second kappa shape index (κ2) is 8.13. The lowest BCUT2D eigenvalue weighted by atomic mass is 10.2. The SMILES string of the molecule is Brc1cccc(Nc2ncnc3cnc(NCCCn4ccnc4)cc23)c1. The number of hydrogen-bond acceptors (Lipinski definition) is 6. The predicted molar refractivity (Wildman–Crippen MR) is 110 cm³/mol. The summed E-state index contributed by atoms with van der Waals surface area (Å²) in [5.41, 5.74) is 1.75. The van der Waals surface area contributed by atoms with Crippen LogP contribution in [0.1, 0.15) is 6.42 Å².